The van der Waals surface area contributed by atoms with Crippen molar-refractivity contribution in [1.82, 2.24) is 0 Å². The molecule has 34 heavy (non-hydrogen) atoms. The molecule has 20 heteroatoms. The normalized spacial score (nSPS) is 10.8. The first-order valence-electron chi connectivity index (χ1n) is 9.96. The standard InChI is InChI=1S/2C7H16.4H3O3PS/c2*1-3-5-7-6-4-2;4*1-4(2,3)5/h2*3-7H2,1-2H3;4*(H3,1,2,3,5). The van der Waals surface area contributed by atoms with E-state index in [2.05, 4.69) is 74.9 Å². The zero-order valence-electron chi connectivity index (χ0n) is 19.9. The van der Waals surface area contributed by atoms with E-state index in [0.29, 0.717) is 0 Å². The zero-order valence-corrected chi connectivity index (χ0v) is 26.7. The number of unbranched alkanes of at least 4 members (excludes halogenated alkanes) is 8. The Bertz CT molecular complexity index is 446. The summed E-state index contributed by atoms with van der Waals surface area (Å²) >= 11 is 14.4. The summed E-state index contributed by atoms with van der Waals surface area (Å²) in [6.07, 6.45) is 14.0. The summed E-state index contributed by atoms with van der Waals surface area (Å²) in [5, 5.41) is 0. The molecular formula is C14H44O12P4S4. The molecule has 0 aliphatic rings. The molecule has 0 saturated carbocycles. The second-order valence-corrected chi connectivity index (χ2v) is 16.2. The van der Waals surface area contributed by atoms with Crippen LogP contribution in [0, 0.1) is 0 Å². The molecule has 12 nitrogen and oxygen atoms in total. The Hall–Kier alpha value is 2.12. The Morgan fingerprint density at radius 1 is 0.324 bits per heavy atom. The maximum Gasteiger partial charge on any atom is 0.319 e. The van der Waals surface area contributed by atoms with Gasteiger partial charge in [0.15, 0.2) is 0 Å². The SMILES string of the molecule is CCCCCCC.CCCCCCC.OP(O)(O)=S.OP(O)(O)=S.OP(O)(O)=S.OP(O)(O)=S. The van der Waals surface area contributed by atoms with Crippen molar-refractivity contribution in [3.8, 4) is 0 Å². The molecule has 0 aromatic carbocycles. The molecule has 0 aliphatic heterocycles. The van der Waals surface area contributed by atoms with Gasteiger partial charge in [-0.15, -0.1) is 0 Å². The average Bonchev–Trinajstić information content (AvgIpc) is 2.50. The van der Waals surface area contributed by atoms with Gasteiger partial charge in [0.2, 0.25) is 0 Å². The quantitative estimate of drug-likeness (QED) is 0.133. The van der Waals surface area contributed by atoms with Crippen LogP contribution in [0.5, 0.6) is 0 Å². The lowest BCUT2D eigenvalue weighted by molar-refractivity contribution is 0.361. The van der Waals surface area contributed by atoms with Crippen LogP contribution >= 0.6 is 26.9 Å². The summed E-state index contributed by atoms with van der Waals surface area (Å²) in [6.45, 7) is -6.24. The Morgan fingerprint density at radius 2 is 0.412 bits per heavy atom. The minimum Gasteiger partial charge on any atom is -0.325 e. The first kappa shape index (κ1) is 49.1. The molecule has 0 fully saturated rings. The molecule has 0 bridgehead atoms. The van der Waals surface area contributed by atoms with Gasteiger partial charge in [-0.2, -0.15) is 0 Å². The fraction of sp³-hybridized carbons (Fsp3) is 1.00. The lowest BCUT2D eigenvalue weighted by atomic mass is 10.2. The molecule has 0 amide bonds. The van der Waals surface area contributed by atoms with E-state index >= 15 is 0 Å². The summed E-state index contributed by atoms with van der Waals surface area (Å²) < 4.78 is 0. The van der Waals surface area contributed by atoms with Gasteiger partial charge in [0.05, 0.1) is 0 Å². The van der Waals surface area contributed by atoms with Crippen LogP contribution in [0.1, 0.15) is 91.9 Å². The molecule has 12 N–H and O–H groups in total. The van der Waals surface area contributed by atoms with Gasteiger partial charge >= 0.3 is 26.9 Å². The highest BCUT2D eigenvalue weighted by atomic mass is 32.5. The van der Waals surface area contributed by atoms with Gasteiger partial charge in [0, 0.05) is 0 Å². The van der Waals surface area contributed by atoms with E-state index in [1.54, 1.807) is 0 Å². The van der Waals surface area contributed by atoms with Crippen molar-refractivity contribution in [2.75, 3.05) is 0 Å². The minimum absolute atomic E-state index is 1.36. The summed E-state index contributed by atoms with van der Waals surface area (Å²) in [7, 11) is 0. The fourth-order valence-electron chi connectivity index (χ4n) is 1.35. The van der Waals surface area contributed by atoms with E-state index in [1.807, 2.05) is 0 Å². The number of rotatable bonds is 8. The smallest absolute Gasteiger partial charge is 0.319 e. The second kappa shape index (κ2) is 31.3. The largest absolute Gasteiger partial charge is 0.325 e. The van der Waals surface area contributed by atoms with Crippen molar-refractivity contribution >= 4 is 74.1 Å². The summed E-state index contributed by atoms with van der Waals surface area (Å²) in [5.41, 5.74) is 0. The van der Waals surface area contributed by atoms with E-state index in [4.69, 9.17) is 58.7 Å². The van der Waals surface area contributed by atoms with Crippen LogP contribution in [-0.2, 0) is 47.2 Å². The lowest BCUT2D eigenvalue weighted by Crippen LogP contribution is -1.70. The molecule has 216 valence electrons. The first-order valence-corrected chi connectivity index (χ1v) is 20.6. The molecule has 0 unspecified atom stereocenters. The van der Waals surface area contributed by atoms with Crippen LogP contribution in [0.4, 0.5) is 0 Å². The van der Waals surface area contributed by atoms with Gasteiger partial charge in [-0.1, -0.05) is 91.9 Å². The minimum atomic E-state index is -3.81. The van der Waals surface area contributed by atoms with E-state index < -0.39 is 26.9 Å². The van der Waals surface area contributed by atoms with Gasteiger partial charge in [0.1, 0.15) is 0 Å². The third kappa shape index (κ3) is 365. The van der Waals surface area contributed by atoms with Crippen LogP contribution < -0.4 is 0 Å². The van der Waals surface area contributed by atoms with Crippen LogP contribution in [0.15, 0.2) is 0 Å². The summed E-state index contributed by atoms with van der Waals surface area (Å²) in [4.78, 5) is 90.7. The Labute approximate surface area is 224 Å². The van der Waals surface area contributed by atoms with Gasteiger partial charge in [0.25, 0.3) is 0 Å². The highest BCUT2D eigenvalue weighted by Crippen LogP contribution is 2.27. The van der Waals surface area contributed by atoms with E-state index in [0.717, 1.165) is 0 Å². The predicted molar refractivity (Wildman–Crippen MR) is 153 cm³/mol. The molecule has 0 aromatic rings. The average molecular weight is 657 g/mol. The summed E-state index contributed by atoms with van der Waals surface area (Å²) in [6, 6.07) is 0. The van der Waals surface area contributed by atoms with E-state index in [1.165, 1.54) is 64.2 Å². The van der Waals surface area contributed by atoms with Crippen molar-refractivity contribution in [3.63, 3.8) is 0 Å². The molecule has 0 spiro atoms. The van der Waals surface area contributed by atoms with Crippen LogP contribution in [0.2, 0.25) is 0 Å². The van der Waals surface area contributed by atoms with Gasteiger partial charge < -0.3 is 58.7 Å². The van der Waals surface area contributed by atoms with Gasteiger partial charge in [-0.25, -0.2) is 0 Å². The van der Waals surface area contributed by atoms with Crippen molar-refractivity contribution in [2.24, 2.45) is 0 Å². The van der Waals surface area contributed by atoms with Gasteiger partial charge in [-0.3, -0.25) is 0 Å². The molecule has 0 atom stereocenters. The van der Waals surface area contributed by atoms with Crippen LogP contribution in [0.25, 0.3) is 0 Å². The maximum atomic E-state index is 7.56. The third-order valence-corrected chi connectivity index (χ3v) is 2.41. The topological polar surface area (TPSA) is 243 Å². The lowest BCUT2D eigenvalue weighted by Gasteiger charge is -1.90. The van der Waals surface area contributed by atoms with Crippen molar-refractivity contribution in [3.05, 3.63) is 0 Å². The van der Waals surface area contributed by atoms with Crippen molar-refractivity contribution in [1.29, 1.82) is 0 Å². The molecule has 0 aromatic heterocycles. The highest BCUT2D eigenvalue weighted by molar-refractivity contribution is 8.07. The molecule has 0 saturated heterocycles. The van der Waals surface area contributed by atoms with E-state index in [9.17, 15) is 0 Å². The Kier molecular flexibility index (Phi) is 45.3. The van der Waals surface area contributed by atoms with E-state index in [-0.39, 0.29) is 0 Å². The van der Waals surface area contributed by atoms with Gasteiger partial charge in [-0.05, 0) is 47.2 Å². The van der Waals surface area contributed by atoms with Crippen molar-refractivity contribution < 1.29 is 58.7 Å². The molecular weight excluding hydrogens is 612 g/mol. The highest BCUT2D eigenvalue weighted by Gasteiger charge is 1.93. The van der Waals surface area contributed by atoms with Crippen molar-refractivity contribution in [2.45, 2.75) is 91.9 Å². The predicted octanol–water partition coefficient (Wildman–Crippen LogP) is 2.70. The molecule has 0 rings (SSSR count). The summed E-state index contributed by atoms with van der Waals surface area (Å²) in [5.74, 6) is 0. The molecule has 0 aliphatic carbocycles. The Morgan fingerprint density at radius 3 is 0.471 bits per heavy atom. The molecule has 0 radical (unpaired) electrons. The monoisotopic (exact) mass is 656 g/mol. The first-order chi connectivity index (χ1) is 14.8. The maximum absolute atomic E-state index is 7.56. The van der Waals surface area contributed by atoms with Crippen LogP contribution in [-0.4, -0.2) is 58.7 Å². The number of hydrogen-bond acceptors (Lipinski definition) is 4. The number of hydrogen-bond donors (Lipinski definition) is 12. The second-order valence-electron chi connectivity index (χ2n) is 6.17. The third-order valence-electron chi connectivity index (χ3n) is 2.41. The molecule has 0 heterocycles. The fourth-order valence-corrected chi connectivity index (χ4v) is 1.35. The zero-order chi connectivity index (χ0) is 29.1. The van der Waals surface area contributed by atoms with Crippen LogP contribution in [0.3, 0.4) is 0 Å². The Balaban J connectivity index is -0.0000000697.